The van der Waals surface area contributed by atoms with Crippen LogP contribution in [0.4, 0.5) is 5.82 Å². The van der Waals surface area contributed by atoms with Gasteiger partial charge in [-0.15, -0.1) is 10.2 Å². The molecule has 3 aromatic rings. The van der Waals surface area contributed by atoms with Crippen LogP contribution in [0.2, 0.25) is 5.02 Å². The summed E-state index contributed by atoms with van der Waals surface area (Å²) >= 11 is 6.27. The molecule has 0 N–H and O–H groups in total. The first-order valence-corrected chi connectivity index (χ1v) is 13.4. The first kappa shape index (κ1) is 28.2. The first-order chi connectivity index (χ1) is 18.9. The van der Waals surface area contributed by atoms with Gasteiger partial charge in [-0.1, -0.05) is 30.7 Å². The molecule has 1 aliphatic rings. The molecule has 0 saturated carbocycles. The summed E-state index contributed by atoms with van der Waals surface area (Å²) in [5, 5.41) is 9.22. The van der Waals surface area contributed by atoms with Gasteiger partial charge in [0.2, 0.25) is 5.91 Å². The highest BCUT2D eigenvalue weighted by Crippen LogP contribution is 2.31. The molecule has 0 radical (unpaired) electrons. The normalized spacial score (nSPS) is 14.1. The van der Waals surface area contributed by atoms with Gasteiger partial charge in [-0.05, 0) is 55.8 Å². The summed E-state index contributed by atoms with van der Waals surface area (Å²) in [7, 11) is 3.20. The van der Waals surface area contributed by atoms with Crippen molar-refractivity contribution in [3.05, 3.63) is 65.2 Å². The lowest BCUT2D eigenvalue weighted by Crippen LogP contribution is -2.53. The molecule has 0 spiro atoms. The molecule has 1 saturated heterocycles. The standard InChI is InChI=1S/C29H34ClN5O4/c1-5-20(2)35(29(37)22-8-6-7-9-23(22)30)19-28(36)34-16-14-33(15-17-34)27-13-11-24(31-32-27)21-10-12-25(38-3)26(18-21)39-4/h6-13,18,20H,5,14-17,19H2,1-4H3. The summed E-state index contributed by atoms with van der Waals surface area (Å²) in [6.45, 7) is 6.27. The molecule has 2 amide bonds. The molecule has 4 rings (SSSR count). The lowest BCUT2D eigenvalue weighted by atomic mass is 10.1. The van der Waals surface area contributed by atoms with E-state index in [1.54, 1.807) is 48.3 Å². The van der Waals surface area contributed by atoms with Crippen molar-refractivity contribution >= 4 is 29.2 Å². The number of carbonyl (C=O) groups excluding carboxylic acids is 2. The molecule has 2 heterocycles. The molecular weight excluding hydrogens is 518 g/mol. The Labute approximate surface area is 234 Å². The number of halogens is 1. The maximum atomic E-state index is 13.3. The maximum absolute atomic E-state index is 13.3. The zero-order valence-electron chi connectivity index (χ0n) is 22.8. The summed E-state index contributed by atoms with van der Waals surface area (Å²) in [5.74, 6) is 1.72. The van der Waals surface area contributed by atoms with Gasteiger partial charge in [0.1, 0.15) is 6.54 Å². The fourth-order valence-corrected chi connectivity index (χ4v) is 4.73. The lowest BCUT2D eigenvalue weighted by molar-refractivity contribution is -0.132. The lowest BCUT2D eigenvalue weighted by Gasteiger charge is -2.37. The van der Waals surface area contributed by atoms with E-state index in [2.05, 4.69) is 15.1 Å². The van der Waals surface area contributed by atoms with Gasteiger partial charge < -0.3 is 24.2 Å². The van der Waals surface area contributed by atoms with Crippen molar-refractivity contribution in [1.29, 1.82) is 0 Å². The smallest absolute Gasteiger partial charge is 0.256 e. The summed E-state index contributed by atoms with van der Waals surface area (Å²) in [5.41, 5.74) is 2.01. The fourth-order valence-electron chi connectivity index (χ4n) is 4.51. The van der Waals surface area contributed by atoms with Crippen molar-refractivity contribution in [1.82, 2.24) is 20.0 Å². The van der Waals surface area contributed by atoms with Crippen molar-refractivity contribution < 1.29 is 19.1 Å². The van der Waals surface area contributed by atoms with Crippen LogP contribution in [0.5, 0.6) is 11.5 Å². The van der Waals surface area contributed by atoms with E-state index >= 15 is 0 Å². The minimum absolute atomic E-state index is 0.0128. The summed E-state index contributed by atoms with van der Waals surface area (Å²) in [6.07, 6.45) is 0.731. The number of amides is 2. The van der Waals surface area contributed by atoms with Crippen molar-refractivity contribution in [3.8, 4) is 22.8 Å². The van der Waals surface area contributed by atoms with Crippen molar-refractivity contribution in [2.24, 2.45) is 0 Å². The Bertz CT molecular complexity index is 1300. The number of benzene rings is 2. The highest BCUT2D eigenvalue weighted by molar-refractivity contribution is 6.33. The predicted octanol–water partition coefficient (Wildman–Crippen LogP) is 4.40. The Morgan fingerprint density at radius 1 is 0.974 bits per heavy atom. The number of hydrogen-bond acceptors (Lipinski definition) is 7. The van der Waals surface area contributed by atoms with E-state index in [4.69, 9.17) is 21.1 Å². The van der Waals surface area contributed by atoms with E-state index in [1.807, 2.05) is 44.2 Å². The van der Waals surface area contributed by atoms with Crippen LogP contribution in [0.15, 0.2) is 54.6 Å². The second-order valence-electron chi connectivity index (χ2n) is 9.38. The number of carbonyl (C=O) groups is 2. The topological polar surface area (TPSA) is 88.1 Å². The van der Waals surface area contributed by atoms with E-state index in [1.165, 1.54) is 0 Å². The molecule has 1 atom stereocenters. The Balaban J connectivity index is 1.37. The van der Waals surface area contributed by atoms with E-state index in [-0.39, 0.29) is 24.4 Å². The number of aromatic nitrogens is 2. The Morgan fingerprint density at radius 3 is 2.31 bits per heavy atom. The number of piperazine rings is 1. The first-order valence-electron chi connectivity index (χ1n) is 13.0. The second kappa shape index (κ2) is 12.8. The van der Waals surface area contributed by atoms with Crippen LogP contribution < -0.4 is 14.4 Å². The van der Waals surface area contributed by atoms with Crippen molar-refractivity contribution in [3.63, 3.8) is 0 Å². The number of ether oxygens (including phenoxy) is 2. The molecule has 2 aromatic carbocycles. The number of methoxy groups -OCH3 is 2. The Kier molecular flexibility index (Phi) is 9.24. The highest BCUT2D eigenvalue weighted by Gasteiger charge is 2.28. The van der Waals surface area contributed by atoms with Crippen molar-refractivity contribution in [2.75, 3.05) is 51.8 Å². The van der Waals surface area contributed by atoms with Crippen molar-refractivity contribution in [2.45, 2.75) is 26.3 Å². The average molecular weight is 552 g/mol. The average Bonchev–Trinajstić information content (AvgIpc) is 2.99. The fraction of sp³-hybridized carbons (Fsp3) is 0.379. The minimum atomic E-state index is -0.230. The molecular formula is C29H34ClN5O4. The monoisotopic (exact) mass is 551 g/mol. The van der Waals surface area contributed by atoms with Gasteiger partial charge in [-0.25, -0.2) is 0 Å². The Hall–Kier alpha value is -3.85. The number of rotatable bonds is 9. The zero-order chi connectivity index (χ0) is 27.9. The maximum Gasteiger partial charge on any atom is 0.256 e. The van der Waals surface area contributed by atoms with E-state index in [0.29, 0.717) is 48.3 Å². The highest BCUT2D eigenvalue weighted by atomic mass is 35.5. The third kappa shape index (κ3) is 6.42. The third-order valence-corrected chi connectivity index (χ3v) is 7.41. The van der Waals surface area contributed by atoms with Crippen LogP contribution in [0.1, 0.15) is 30.6 Å². The largest absolute Gasteiger partial charge is 0.493 e. The number of anilines is 1. The van der Waals surface area contributed by atoms with E-state index < -0.39 is 0 Å². The summed E-state index contributed by atoms with van der Waals surface area (Å²) in [4.78, 5) is 32.0. The molecule has 0 aliphatic carbocycles. The molecule has 39 heavy (non-hydrogen) atoms. The molecule has 0 bridgehead atoms. The van der Waals surface area contributed by atoms with Gasteiger partial charge in [0.15, 0.2) is 17.3 Å². The van der Waals surface area contributed by atoms with Crippen LogP contribution in [-0.2, 0) is 4.79 Å². The molecule has 1 fully saturated rings. The quantitative estimate of drug-likeness (QED) is 0.389. The Morgan fingerprint density at radius 2 is 1.69 bits per heavy atom. The van der Waals surface area contributed by atoms with E-state index in [9.17, 15) is 9.59 Å². The van der Waals surface area contributed by atoms with Gasteiger partial charge in [-0.3, -0.25) is 9.59 Å². The van der Waals surface area contributed by atoms with Gasteiger partial charge in [-0.2, -0.15) is 0 Å². The van der Waals surface area contributed by atoms with Gasteiger partial charge in [0.05, 0.1) is 30.5 Å². The summed E-state index contributed by atoms with van der Waals surface area (Å²) in [6, 6.07) is 16.3. The molecule has 206 valence electrons. The molecule has 1 aromatic heterocycles. The molecule has 1 unspecified atom stereocenters. The van der Waals surface area contributed by atoms with Gasteiger partial charge in [0, 0.05) is 37.8 Å². The SMILES string of the molecule is CCC(C)N(CC(=O)N1CCN(c2ccc(-c3ccc(OC)c(OC)c3)nn2)CC1)C(=O)c1ccccc1Cl. The van der Waals surface area contributed by atoms with Crippen LogP contribution >= 0.6 is 11.6 Å². The van der Waals surface area contributed by atoms with Crippen LogP contribution in [0.25, 0.3) is 11.3 Å². The van der Waals surface area contributed by atoms with Crippen LogP contribution in [0.3, 0.4) is 0 Å². The van der Waals surface area contributed by atoms with Gasteiger partial charge >= 0.3 is 0 Å². The van der Waals surface area contributed by atoms with Crippen LogP contribution in [0, 0.1) is 0 Å². The van der Waals surface area contributed by atoms with Crippen LogP contribution in [-0.4, -0.2) is 84.8 Å². The second-order valence-corrected chi connectivity index (χ2v) is 9.79. The van der Waals surface area contributed by atoms with Gasteiger partial charge in [0.25, 0.3) is 5.91 Å². The predicted molar refractivity (Wildman–Crippen MR) is 152 cm³/mol. The number of nitrogens with zero attached hydrogens (tertiary/aromatic N) is 5. The number of hydrogen-bond donors (Lipinski definition) is 0. The molecule has 1 aliphatic heterocycles. The molecule has 9 nitrogen and oxygen atoms in total. The summed E-state index contributed by atoms with van der Waals surface area (Å²) < 4.78 is 10.7. The third-order valence-electron chi connectivity index (χ3n) is 7.08. The minimum Gasteiger partial charge on any atom is -0.493 e. The van der Waals surface area contributed by atoms with E-state index in [0.717, 1.165) is 23.5 Å². The zero-order valence-corrected chi connectivity index (χ0v) is 23.5. The molecule has 10 heteroatoms.